The quantitative estimate of drug-likeness (QED) is 0.564. The van der Waals surface area contributed by atoms with Gasteiger partial charge in [-0.3, -0.25) is 9.59 Å². The van der Waals surface area contributed by atoms with Gasteiger partial charge in [0.1, 0.15) is 6.79 Å². The molecule has 6 nitrogen and oxygen atoms in total. The van der Waals surface area contributed by atoms with E-state index in [1.165, 1.54) is 0 Å². The van der Waals surface area contributed by atoms with Crippen molar-refractivity contribution in [3.8, 4) is 0 Å². The van der Waals surface area contributed by atoms with Crippen molar-refractivity contribution in [1.29, 1.82) is 0 Å². The smallest absolute Gasteiger partial charge is 0.279 e. The third kappa shape index (κ3) is 6.04. The first-order valence-corrected chi connectivity index (χ1v) is 6.60. The highest BCUT2D eigenvalue weighted by molar-refractivity contribution is 8.13. The number of thioether (sulfide) groups is 1. The first-order chi connectivity index (χ1) is 8.59. The van der Waals surface area contributed by atoms with Gasteiger partial charge in [-0.1, -0.05) is 18.3 Å². The van der Waals surface area contributed by atoms with Gasteiger partial charge >= 0.3 is 0 Å². The molecule has 0 aromatic rings. The molecule has 0 unspecified atom stereocenters. The Morgan fingerprint density at radius 3 is 2.67 bits per heavy atom. The second-order valence-electron chi connectivity index (χ2n) is 3.87. The molecule has 1 saturated heterocycles. The van der Waals surface area contributed by atoms with Crippen molar-refractivity contribution in [3.63, 3.8) is 0 Å². The molecule has 0 atom stereocenters. The number of ether oxygens (including phenoxy) is 2. The third-order valence-corrected chi connectivity index (χ3v) is 2.92. The summed E-state index contributed by atoms with van der Waals surface area (Å²) in [7, 11) is 0. The van der Waals surface area contributed by atoms with E-state index in [9.17, 15) is 9.59 Å². The molecule has 2 N–H and O–H groups in total. The second kappa shape index (κ2) is 8.12. The van der Waals surface area contributed by atoms with Crippen LogP contribution >= 0.6 is 11.8 Å². The molecule has 2 amide bonds. The highest BCUT2D eigenvalue weighted by atomic mass is 32.2. The lowest BCUT2D eigenvalue weighted by atomic mass is 10.3. The van der Waals surface area contributed by atoms with Gasteiger partial charge < -0.3 is 20.1 Å². The summed E-state index contributed by atoms with van der Waals surface area (Å²) in [6.45, 7) is 6.82. The second-order valence-corrected chi connectivity index (χ2v) is 4.94. The first kappa shape index (κ1) is 15.0. The predicted octanol–water partition coefficient (Wildman–Crippen LogP) is 0.494. The normalized spacial score (nSPS) is 16.1. The Balaban J connectivity index is 2.06. The van der Waals surface area contributed by atoms with Crippen LogP contribution in [0.25, 0.3) is 0 Å². The summed E-state index contributed by atoms with van der Waals surface area (Å²) >= 11 is 1.12. The van der Waals surface area contributed by atoms with E-state index in [2.05, 4.69) is 17.2 Å². The van der Waals surface area contributed by atoms with E-state index >= 15 is 0 Å². The molecule has 0 aliphatic carbocycles. The van der Waals surface area contributed by atoms with E-state index in [4.69, 9.17) is 9.47 Å². The van der Waals surface area contributed by atoms with Crippen LogP contribution in [0.3, 0.4) is 0 Å². The monoisotopic (exact) mass is 274 g/mol. The number of nitrogens with one attached hydrogen (secondary N) is 2. The minimum Gasteiger partial charge on any atom is -0.353 e. The predicted molar refractivity (Wildman–Crippen MR) is 69.4 cm³/mol. The highest BCUT2D eigenvalue weighted by Crippen LogP contribution is 2.04. The van der Waals surface area contributed by atoms with Crippen LogP contribution < -0.4 is 10.6 Å². The van der Waals surface area contributed by atoms with Crippen molar-refractivity contribution in [2.75, 3.05) is 32.3 Å². The number of hydrogen-bond donors (Lipinski definition) is 2. The summed E-state index contributed by atoms with van der Waals surface area (Å²) in [6, 6.07) is -0.0937. The maximum atomic E-state index is 11.5. The maximum absolute atomic E-state index is 11.5. The molecule has 7 heteroatoms. The zero-order valence-electron chi connectivity index (χ0n) is 10.4. The Hall–Kier alpha value is -1.05. The number of rotatable bonds is 5. The molecule has 102 valence electrons. The molecule has 1 heterocycles. The largest absolute Gasteiger partial charge is 0.353 e. The lowest BCUT2D eigenvalue weighted by Crippen LogP contribution is -2.43. The summed E-state index contributed by atoms with van der Waals surface area (Å²) in [5.41, 5.74) is 0.459. The van der Waals surface area contributed by atoms with E-state index in [-0.39, 0.29) is 24.0 Å². The lowest BCUT2D eigenvalue weighted by molar-refractivity contribution is -0.117. The van der Waals surface area contributed by atoms with Crippen LogP contribution in [0.2, 0.25) is 0 Å². The molecular formula is C11H18N2O4S. The first-order valence-electron chi connectivity index (χ1n) is 5.62. The third-order valence-electron chi connectivity index (χ3n) is 2.14. The van der Waals surface area contributed by atoms with Crippen LogP contribution in [0, 0.1) is 0 Å². The fourth-order valence-electron chi connectivity index (χ4n) is 1.24. The van der Waals surface area contributed by atoms with Gasteiger partial charge in [-0.25, -0.2) is 0 Å². The maximum Gasteiger partial charge on any atom is 0.279 e. The van der Waals surface area contributed by atoms with Crippen molar-refractivity contribution in [1.82, 2.24) is 10.6 Å². The van der Waals surface area contributed by atoms with E-state index in [0.717, 1.165) is 11.8 Å². The SMILES string of the molecule is C=C(C)C(=O)NCCSC(=O)NC1COCOC1. The molecule has 0 radical (unpaired) electrons. The van der Waals surface area contributed by atoms with E-state index in [0.29, 0.717) is 31.1 Å². The molecule has 0 aromatic heterocycles. The Labute approximate surface area is 110 Å². The van der Waals surface area contributed by atoms with E-state index < -0.39 is 0 Å². The molecule has 0 aromatic carbocycles. The summed E-state index contributed by atoms with van der Waals surface area (Å²) in [5.74, 6) is 0.323. The zero-order chi connectivity index (χ0) is 13.4. The average molecular weight is 274 g/mol. The Morgan fingerprint density at radius 1 is 1.39 bits per heavy atom. The zero-order valence-corrected chi connectivity index (χ0v) is 11.2. The van der Waals surface area contributed by atoms with Crippen molar-refractivity contribution in [3.05, 3.63) is 12.2 Å². The van der Waals surface area contributed by atoms with Gasteiger partial charge in [-0.05, 0) is 6.92 Å². The van der Waals surface area contributed by atoms with Gasteiger partial charge in [0.25, 0.3) is 5.24 Å². The fraction of sp³-hybridized carbons (Fsp3) is 0.636. The number of hydrogen-bond acceptors (Lipinski definition) is 5. The van der Waals surface area contributed by atoms with Gasteiger partial charge in [-0.2, -0.15) is 0 Å². The van der Waals surface area contributed by atoms with Gasteiger partial charge in [0, 0.05) is 17.9 Å². The highest BCUT2D eigenvalue weighted by Gasteiger charge is 2.16. The summed E-state index contributed by atoms with van der Waals surface area (Å²) in [4.78, 5) is 22.7. The number of carbonyl (C=O) groups excluding carboxylic acids is 2. The summed E-state index contributed by atoms with van der Waals surface area (Å²) in [6.07, 6.45) is 0. The van der Waals surface area contributed by atoms with Crippen LogP contribution in [0.15, 0.2) is 12.2 Å². The standard InChI is InChI=1S/C11H18N2O4S/c1-8(2)10(14)12-3-4-18-11(15)13-9-5-16-7-17-6-9/h9H,1,3-7H2,2H3,(H,12,14)(H,13,15). The number of amides is 2. The molecule has 0 spiro atoms. The van der Waals surface area contributed by atoms with Crippen molar-refractivity contribution < 1.29 is 19.1 Å². The Bertz CT molecular complexity index is 316. The van der Waals surface area contributed by atoms with E-state index in [1.807, 2.05) is 0 Å². The molecule has 18 heavy (non-hydrogen) atoms. The van der Waals surface area contributed by atoms with Crippen LogP contribution in [0.5, 0.6) is 0 Å². The van der Waals surface area contributed by atoms with Gasteiger partial charge in [0.15, 0.2) is 0 Å². The van der Waals surface area contributed by atoms with Gasteiger partial charge in [0.05, 0.1) is 19.3 Å². The minimum absolute atomic E-state index is 0.0937. The molecular weight excluding hydrogens is 256 g/mol. The minimum atomic E-state index is -0.190. The summed E-state index contributed by atoms with van der Waals surface area (Å²) in [5, 5.41) is 5.29. The van der Waals surface area contributed by atoms with Crippen molar-refractivity contribution in [2.45, 2.75) is 13.0 Å². The van der Waals surface area contributed by atoms with Crippen LogP contribution in [-0.2, 0) is 14.3 Å². The Morgan fingerprint density at radius 2 is 2.06 bits per heavy atom. The lowest BCUT2D eigenvalue weighted by Gasteiger charge is -2.22. The van der Waals surface area contributed by atoms with Crippen molar-refractivity contribution in [2.24, 2.45) is 0 Å². The topological polar surface area (TPSA) is 76.7 Å². The average Bonchev–Trinajstić information content (AvgIpc) is 2.35. The molecule has 1 aliphatic heterocycles. The molecule has 1 aliphatic rings. The summed E-state index contributed by atoms with van der Waals surface area (Å²) < 4.78 is 10.1. The van der Waals surface area contributed by atoms with Gasteiger partial charge in [0.2, 0.25) is 5.91 Å². The Kier molecular flexibility index (Phi) is 6.77. The molecule has 0 bridgehead atoms. The van der Waals surface area contributed by atoms with E-state index in [1.54, 1.807) is 6.92 Å². The fourth-order valence-corrected chi connectivity index (χ4v) is 1.88. The number of carbonyl (C=O) groups is 2. The van der Waals surface area contributed by atoms with Crippen LogP contribution in [-0.4, -0.2) is 49.5 Å². The van der Waals surface area contributed by atoms with Crippen LogP contribution in [0.1, 0.15) is 6.92 Å². The molecule has 1 fully saturated rings. The molecule has 0 saturated carbocycles. The van der Waals surface area contributed by atoms with Crippen molar-refractivity contribution >= 4 is 22.9 Å². The van der Waals surface area contributed by atoms with Gasteiger partial charge in [-0.15, -0.1) is 0 Å². The van der Waals surface area contributed by atoms with Crippen LogP contribution in [0.4, 0.5) is 4.79 Å². The molecule has 1 rings (SSSR count).